The van der Waals surface area contributed by atoms with Gasteiger partial charge in [-0.1, -0.05) is 0 Å². The van der Waals surface area contributed by atoms with Crippen LogP contribution in [0.1, 0.15) is 17.3 Å². The van der Waals surface area contributed by atoms with Gasteiger partial charge in [-0.05, 0) is 31.2 Å². The van der Waals surface area contributed by atoms with E-state index in [1.807, 2.05) is 32.3 Å². The Kier molecular flexibility index (Phi) is 3.25. The Morgan fingerprint density at radius 1 is 1.29 bits per heavy atom. The van der Waals surface area contributed by atoms with Crippen molar-refractivity contribution in [1.82, 2.24) is 14.1 Å². The van der Waals surface area contributed by atoms with Crippen LogP contribution in [0.5, 0.6) is 0 Å². The fourth-order valence-electron chi connectivity index (χ4n) is 2.61. The van der Waals surface area contributed by atoms with E-state index < -0.39 is 0 Å². The average Bonchev–Trinajstić information content (AvgIpc) is 2.99. The molecule has 0 radical (unpaired) electrons. The molecule has 1 aromatic carbocycles. The molecule has 0 atom stereocenters. The molecule has 0 spiro atoms. The standard InChI is InChI=1S/C16H18N4O/c1-4-17-12-8-15(19(2)9-12)16-18-13-7-11(10-21)5-6-14(13)20(16)3/h5-10,17H,4H2,1-3H3. The van der Waals surface area contributed by atoms with Gasteiger partial charge >= 0.3 is 0 Å². The highest BCUT2D eigenvalue weighted by Crippen LogP contribution is 2.27. The number of hydrogen-bond acceptors (Lipinski definition) is 3. The maximum atomic E-state index is 10.9. The van der Waals surface area contributed by atoms with Crippen LogP contribution in [0, 0.1) is 0 Å². The van der Waals surface area contributed by atoms with Crippen LogP contribution in [-0.2, 0) is 14.1 Å². The molecule has 0 saturated carbocycles. The Morgan fingerprint density at radius 3 is 2.81 bits per heavy atom. The highest BCUT2D eigenvalue weighted by molar-refractivity contribution is 5.87. The first-order valence-corrected chi connectivity index (χ1v) is 6.96. The maximum absolute atomic E-state index is 10.9. The number of nitrogens with zero attached hydrogens (tertiary/aromatic N) is 3. The summed E-state index contributed by atoms with van der Waals surface area (Å²) in [5.41, 5.74) is 4.62. The van der Waals surface area contributed by atoms with E-state index in [2.05, 4.69) is 38.6 Å². The molecule has 0 amide bonds. The number of benzene rings is 1. The van der Waals surface area contributed by atoms with Crippen molar-refractivity contribution < 1.29 is 4.79 Å². The van der Waals surface area contributed by atoms with Crippen LogP contribution in [0.15, 0.2) is 30.5 Å². The maximum Gasteiger partial charge on any atom is 0.157 e. The lowest BCUT2D eigenvalue weighted by molar-refractivity contribution is 0.112. The minimum atomic E-state index is 0.646. The number of carbonyl (C=O) groups is 1. The molecular formula is C16H18N4O. The molecule has 2 aromatic heterocycles. The lowest BCUT2D eigenvalue weighted by Crippen LogP contribution is -1.97. The van der Waals surface area contributed by atoms with Crippen molar-refractivity contribution >= 4 is 23.0 Å². The highest BCUT2D eigenvalue weighted by atomic mass is 16.1. The van der Waals surface area contributed by atoms with Crippen LogP contribution < -0.4 is 5.32 Å². The molecule has 3 rings (SSSR count). The van der Waals surface area contributed by atoms with Crippen molar-refractivity contribution in [2.24, 2.45) is 14.1 Å². The predicted octanol–water partition coefficient (Wildman–Crippen LogP) is 2.82. The number of nitrogens with one attached hydrogen (secondary N) is 1. The number of fused-ring (bicyclic) bond motifs is 1. The molecule has 108 valence electrons. The van der Waals surface area contributed by atoms with Gasteiger partial charge < -0.3 is 14.5 Å². The molecule has 2 heterocycles. The number of hydrogen-bond donors (Lipinski definition) is 1. The number of aryl methyl sites for hydroxylation is 2. The first kappa shape index (κ1) is 13.4. The van der Waals surface area contributed by atoms with Gasteiger partial charge in [0.05, 0.1) is 22.4 Å². The zero-order valence-corrected chi connectivity index (χ0v) is 12.4. The zero-order valence-electron chi connectivity index (χ0n) is 12.4. The van der Waals surface area contributed by atoms with E-state index in [1.165, 1.54) is 0 Å². The quantitative estimate of drug-likeness (QED) is 0.749. The summed E-state index contributed by atoms with van der Waals surface area (Å²) in [5.74, 6) is 0.889. The summed E-state index contributed by atoms with van der Waals surface area (Å²) in [5, 5.41) is 3.31. The van der Waals surface area contributed by atoms with E-state index in [0.29, 0.717) is 5.56 Å². The predicted molar refractivity (Wildman–Crippen MR) is 84.7 cm³/mol. The second-order valence-corrected chi connectivity index (χ2v) is 5.12. The van der Waals surface area contributed by atoms with E-state index in [9.17, 15) is 4.79 Å². The molecule has 21 heavy (non-hydrogen) atoms. The van der Waals surface area contributed by atoms with Crippen LogP contribution in [0.3, 0.4) is 0 Å². The van der Waals surface area contributed by atoms with Crippen molar-refractivity contribution in [1.29, 1.82) is 0 Å². The van der Waals surface area contributed by atoms with Crippen LogP contribution in [0.4, 0.5) is 5.69 Å². The fourth-order valence-corrected chi connectivity index (χ4v) is 2.61. The molecule has 0 fully saturated rings. The van der Waals surface area contributed by atoms with Gasteiger partial charge in [0.15, 0.2) is 5.82 Å². The van der Waals surface area contributed by atoms with E-state index in [1.54, 1.807) is 0 Å². The van der Waals surface area contributed by atoms with E-state index in [-0.39, 0.29) is 0 Å². The monoisotopic (exact) mass is 282 g/mol. The van der Waals surface area contributed by atoms with Gasteiger partial charge in [-0.2, -0.15) is 0 Å². The van der Waals surface area contributed by atoms with Gasteiger partial charge in [0.2, 0.25) is 0 Å². The molecule has 0 aliphatic heterocycles. The van der Waals surface area contributed by atoms with Gasteiger partial charge in [-0.15, -0.1) is 0 Å². The Morgan fingerprint density at radius 2 is 2.10 bits per heavy atom. The number of aldehydes is 1. The summed E-state index contributed by atoms with van der Waals surface area (Å²) in [6.07, 6.45) is 2.90. The van der Waals surface area contributed by atoms with E-state index in [0.717, 1.165) is 41.1 Å². The summed E-state index contributed by atoms with van der Waals surface area (Å²) in [4.78, 5) is 15.6. The van der Waals surface area contributed by atoms with Crippen molar-refractivity contribution in [3.05, 3.63) is 36.0 Å². The Labute approximate surface area is 123 Å². The van der Waals surface area contributed by atoms with Crippen LogP contribution in [-0.4, -0.2) is 26.9 Å². The van der Waals surface area contributed by atoms with Crippen molar-refractivity contribution in [2.75, 3.05) is 11.9 Å². The number of anilines is 1. The normalized spacial score (nSPS) is 11.0. The topological polar surface area (TPSA) is 51.9 Å². The van der Waals surface area contributed by atoms with Gasteiger partial charge in [0.25, 0.3) is 0 Å². The fraction of sp³-hybridized carbons (Fsp3) is 0.250. The Balaban J connectivity index is 2.16. The third kappa shape index (κ3) is 2.20. The molecule has 0 aliphatic rings. The largest absolute Gasteiger partial charge is 0.384 e. The zero-order chi connectivity index (χ0) is 15.0. The summed E-state index contributed by atoms with van der Waals surface area (Å²) in [6.45, 7) is 2.96. The molecule has 0 unspecified atom stereocenters. The van der Waals surface area contributed by atoms with Gasteiger partial charge in [-0.3, -0.25) is 4.79 Å². The molecule has 5 nitrogen and oxygen atoms in total. The minimum absolute atomic E-state index is 0.646. The number of rotatable bonds is 4. The number of carbonyl (C=O) groups excluding carboxylic acids is 1. The smallest absolute Gasteiger partial charge is 0.157 e. The molecule has 0 aliphatic carbocycles. The summed E-state index contributed by atoms with van der Waals surface area (Å²) < 4.78 is 4.11. The van der Waals surface area contributed by atoms with Crippen molar-refractivity contribution in [3.63, 3.8) is 0 Å². The Hall–Kier alpha value is -2.56. The second-order valence-electron chi connectivity index (χ2n) is 5.12. The molecule has 1 N–H and O–H groups in total. The summed E-state index contributed by atoms with van der Waals surface area (Å²) in [7, 11) is 4.00. The Bertz CT molecular complexity index is 813. The molecule has 3 aromatic rings. The van der Waals surface area contributed by atoms with Crippen molar-refractivity contribution in [3.8, 4) is 11.5 Å². The van der Waals surface area contributed by atoms with Crippen LogP contribution in [0.2, 0.25) is 0 Å². The highest BCUT2D eigenvalue weighted by Gasteiger charge is 2.14. The SMILES string of the molecule is CCNc1cc(-c2nc3cc(C=O)ccc3n2C)n(C)c1. The second kappa shape index (κ2) is 5.09. The van der Waals surface area contributed by atoms with Crippen LogP contribution in [0.25, 0.3) is 22.6 Å². The first-order valence-electron chi connectivity index (χ1n) is 6.96. The summed E-state index contributed by atoms with van der Waals surface area (Å²) in [6, 6.07) is 7.66. The van der Waals surface area contributed by atoms with E-state index >= 15 is 0 Å². The molecule has 0 bridgehead atoms. The van der Waals surface area contributed by atoms with E-state index in [4.69, 9.17) is 0 Å². The minimum Gasteiger partial charge on any atom is -0.384 e. The lowest BCUT2D eigenvalue weighted by atomic mass is 10.2. The molecule has 0 saturated heterocycles. The average molecular weight is 282 g/mol. The van der Waals surface area contributed by atoms with Gasteiger partial charge in [0, 0.05) is 32.4 Å². The van der Waals surface area contributed by atoms with Gasteiger partial charge in [-0.25, -0.2) is 4.98 Å². The molecular weight excluding hydrogens is 264 g/mol. The van der Waals surface area contributed by atoms with Gasteiger partial charge in [0.1, 0.15) is 6.29 Å². The van der Waals surface area contributed by atoms with Crippen LogP contribution >= 0.6 is 0 Å². The third-order valence-corrected chi connectivity index (χ3v) is 3.66. The third-order valence-electron chi connectivity index (χ3n) is 3.66. The summed E-state index contributed by atoms with van der Waals surface area (Å²) >= 11 is 0. The van der Waals surface area contributed by atoms with Crippen molar-refractivity contribution in [2.45, 2.75) is 6.92 Å². The number of aromatic nitrogens is 3. The first-order chi connectivity index (χ1) is 10.1. The molecule has 5 heteroatoms. The number of imidazole rings is 1. The lowest BCUT2D eigenvalue weighted by Gasteiger charge is -2.03.